The van der Waals surface area contributed by atoms with Gasteiger partial charge in [-0.15, -0.1) is 0 Å². The van der Waals surface area contributed by atoms with E-state index in [9.17, 15) is 21.6 Å². The maximum Gasteiger partial charge on any atom is 0.261 e. The monoisotopic (exact) mass is 529 g/mol. The molecular weight excluding hydrogens is 498 g/mol. The van der Waals surface area contributed by atoms with Crippen molar-refractivity contribution < 1.29 is 21.6 Å². The van der Waals surface area contributed by atoms with Gasteiger partial charge in [0.1, 0.15) is 6.04 Å². The van der Waals surface area contributed by atoms with E-state index in [0.29, 0.717) is 17.1 Å². The summed E-state index contributed by atoms with van der Waals surface area (Å²) in [4.78, 5) is 13.0. The molecule has 0 fully saturated rings. The molecule has 8 nitrogen and oxygen atoms in total. The van der Waals surface area contributed by atoms with E-state index in [4.69, 9.17) is 0 Å². The molecule has 0 radical (unpaired) electrons. The van der Waals surface area contributed by atoms with Gasteiger partial charge in [-0.25, -0.2) is 16.8 Å². The third-order valence-corrected chi connectivity index (χ3v) is 8.23. The second kappa shape index (κ2) is 10.3. The van der Waals surface area contributed by atoms with Gasteiger partial charge in [0, 0.05) is 5.69 Å². The molecule has 0 saturated carbocycles. The number of anilines is 3. The second-order valence-corrected chi connectivity index (χ2v) is 12.6. The van der Waals surface area contributed by atoms with Crippen LogP contribution in [0.25, 0.3) is 0 Å². The Labute approximate surface area is 213 Å². The van der Waals surface area contributed by atoms with E-state index in [0.717, 1.165) is 32.8 Å². The van der Waals surface area contributed by atoms with Crippen molar-refractivity contribution in [3.63, 3.8) is 0 Å². The summed E-state index contributed by atoms with van der Waals surface area (Å²) in [5.41, 5.74) is 4.80. The fourth-order valence-corrected chi connectivity index (χ4v) is 6.27. The lowest BCUT2D eigenvalue weighted by atomic mass is 10.1. The number of rotatable bonds is 8. The largest absolute Gasteiger partial charge is 0.324 e. The van der Waals surface area contributed by atoms with Crippen molar-refractivity contribution in [2.24, 2.45) is 0 Å². The number of nitrogens with one attached hydrogen (secondary N) is 2. The summed E-state index contributed by atoms with van der Waals surface area (Å²) >= 11 is 0. The molecule has 0 heterocycles. The van der Waals surface area contributed by atoms with Crippen molar-refractivity contribution in [1.29, 1.82) is 0 Å². The molecule has 3 aromatic carbocycles. The molecule has 10 heteroatoms. The van der Waals surface area contributed by atoms with Crippen LogP contribution in [-0.2, 0) is 24.8 Å². The van der Waals surface area contributed by atoms with Crippen LogP contribution in [0.2, 0.25) is 0 Å². The van der Waals surface area contributed by atoms with Gasteiger partial charge in [-0.3, -0.25) is 13.8 Å². The number of nitrogens with zero attached hydrogens (tertiary/aromatic N) is 1. The van der Waals surface area contributed by atoms with Gasteiger partial charge in [0.2, 0.25) is 15.9 Å². The molecule has 1 amide bonds. The van der Waals surface area contributed by atoms with Gasteiger partial charge in [0.05, 0.1) is 22.5 Å². The van der Waals surface area contributed by atoms with Crippen molar-refractivity contribution >= 4 is 43.0 Å². The normalized spacial score (nSPS) is 12.6. The highest BCUT2D eigenvalue weighted by Crippen LogP contribution is 2.25. The minimum absolute atomic E-state index is 0.0292. The second-order valence-electron chi connectivity index (χ2n) is 9.02. The van der Waals surface area contributed by atoms with Crippen molar-refractivity contribution in [2.45, 2.75) is 45.6 Å². The first-order valence-electron chi connectivity index (χ1n) is 11.3. The molecule has 0 spiro atoms. The smallest absolute Gasteiger partial charge is 0.261 e. The number of carbonyl (C=O) groups is 1. The molecule has 2 N–H and O–H groups in total. The van der Waals surface area contributed by atoms with Crippen molar-refractivity contribution in [2.75, 3.05) is 20.6 Å². The number of hydrogen-bond acceptors (Lipinski definition) is 5. The molecule has 0 bridgehead atoms. The standard InChI is InChI=1S/C26H31N3O5S2/c1-17-7-12-25(20(4)14-17)28-36(33,34)24-10-8-22(9-11-24)27-26(30)21(5)29(35(6,31)32)23-15-18(2)13-19(3)16-23/h7-16,21,28H,1-6H3,(H,27,30)/t21-/m1/s1. The highest BCUT2D eigenvalue weighted by molar-refractivity contribution is 7.92. The average Bonchev–Trinajstić information content (AvgIpc) is 2.74. The molecule has 3 rings (SSSR count). The van der Waals surface area contributed by atoms with Crippen LogP contribution in [-0.4, -0.2) is 35.0 Å². The van der Waals surface area contributed by atoms with Crippen LogP contribution in [0.5, 0.6) is 0 Å². The first-order valence-corrected chi connectivity index (χ1v) is 14.6. The summed E-state index contributed by atoms with van der Waals surface area (Å²) < 4.78 is 54.4. The van der Waals surface area contributed by atoms with Gasteiger partial charge in [-0.1, -0.05) is 23.8 Å². The van der Waals surface area contributed by atoms with Gasteiger partial charge in [-0.05, 0) is 93.8 Å². The molecule has 0 aromatic heterocycles. The Morgan fingerprint density at radius 1 is 0.806 bits per heavy atom. The minimum atomic E-state index is -3.84. The van der Waals surface area contributed by atoms with Crippen molar-refractivity contribution in [3.8, 4) is 0 Å². The van der Waals surface area contributed by atoms with Gasteiger partial charge < -0.3 is 5.32 Å². The maximum absolute atomic E-state index is 13.0. The number of aryl methyl sites for hydroxylation is 4. The molecule has 0 saturated heterocycles. The Bertz CT molecular complexity index is 1480. The van der Waals surface area contributed by atoms with Crippen LogP contribution < -0.4 is 14.3 Å². The topological polar surface area (TPSA) is 113 Å². The molecule has 0 aliphatic carbocycles. The predicted octanol–water partition coefficient (Wildman–Crippen LogP) is 4.51. The van der Waals surface area contributed by atoms with E-state index < -0.39 is 32.0 Å². The third-order valence-electron chi connectivity index (χ3n) is 5.61. The Morgan fingerprint density at radius 2 is 1.39 bits per heavy atom. The molecule has 192 valence electrons. The SMILES string of the molecule is Cc1cc(C)cc(N([C@H](C)C(=O)Nc2ccc(S(=O)(=O)Nc3ccc(C)cc3C)cc2)S(C)(=O)=O)c1. The van der Waals surface area contributed by atoms with Crippen LogP contribution in [0, 0.1) is 27.7 Å². The van der Waals surface area contributed by atoms with Crippen LogP contribution in [0.4, 0.5) is 17.1 Å². The van der Waals surface area contributed by atoms with Gasteiger partial charge in [0.15, 0.2) is 0 Å². The van der Waals surface area contributed by atoms with Crippen molar-refractivity contribution in [3.05, 3.63) is 82.9 Å². The summed E-state index contributed by atoms with van der Waals surface area (Å²) in [5.74, 6) is -0.552. The third kappa shape index (κ3) is 6.44. The molecule has 1 atom stereocenters. The maximum atomic E-state index is 13.0. The highest BCUT2D eigenvalue weighted by atomic mass is 32.2. The summed E-state index contributed by atoms with van der Waals surface area (Å²) in [6.07, 6.45) is 1.05. The van der Waals surface area contributed by atoms with Gasteiger partial charge in [-0.2, -0.15) is 0 Å². The lowest BCUT2D eigenvalue weighted by molar-refractivity contribution is -0.116. The molecule has 3 aromatic rings. The molecule has 0 unspecified atom stereocenters. The fourth-order valence-electron chi connectivity index (χ4n) is 3.98. The Hall–Kier alpha value is -3.37. The predicted molar refractivity (Wildman–Crippen MR) is 144 cm³/mol. The molecule has 36 heavy (non-hydrogen) atoms. The van der Waals surface area contributed by atoms with E-state index >= 15 is 0 Å². The first kappa shape index (κ1) is 27.2. The number of amides is 1. The number of hydrogen-bond donors (Lipinski definition) is 2. The van der Waals surface area contributed by atoms with Crippen LogP contribution in [0.3, 0.4) is 0 Å². The van der Waals surface area contributed by atoms with Gasteiger partial charge in [0.25, 0.3) is 10.0 Å². The van der Waals surface area contributed by atoms with Crippen LogP contribution in [0.15, 0.2) is 65.6 Å². The van der Waals surface area contributed by atoms with Crippen molar-refractivity contribution in [1.82, 2.24) is 0 Å². The Balaban J connectivity index is 1.79. The summed E-state index contributed by atoms with van der Waals surface area (Å²) in [6.45, 7) is 8.96. The molecule has 0 aliphatic rings. The zero-order valence-electron chi connectivity index (χ0n) is 21.2. The number of benzene rings is 3. The molecular formula is C26H31N3O5S2. The van der Waals surface area contributed by atoms with Gasteiger partial charge >= 0.3 is 0 Å². The van der Waals surface area contributed by atoms with Crippen LogP contribution in [0.1, 0.15) is 29.2 Å². The van der Waals surface area contributed by atoms with E-state index in [-0.39, 0.29) is 4.90 Å². The zero-order valence-corrected chi connectivity index (χ0v) is 22.8. The Kier molecular flexibility index (Phi) is 7.80. The zero-order chi connectivity index (χ0) is 26.8. The number of carbonyl (C=O) groups excluding carboxylic acids is 1. The quantitative estimate of drug-likeness (QED) is 0.446. The lowest BCUT2D eigenvalue weighted by Gasteiger charge is -2.28. The minimum Gasteiger partial charge on any atom is -0.324 e. The molecule has 0 aliphatic heterocycles. The first-order chi connectivity index (χ1) is 16.7. The highest BCUT2D eigenvalue weighted by Gasteiger charge is 2.29. The fraction of sp³-hybridized carbons (Fsp3) is 0.269. The summed E-state index contributed by atoms with van der Waals surface area (Å²) in [7, 11) is -7.60. The van der Waals surface area contributed by atoms with E-state index in [1.165, 1.54) is 31.2 Å². The van der Waals surface area contributed by atoms with E-state index in [1.54, 1.807) is 18.2 Å². The Morgan fingerprint density at radius 3 is 1.92 bits per heavy atom. The summed E-state index contributed by atoms with van der Waals surface area (Å²) in [6, 6.07) is 15.4. The average molecular weight is 530 g/mol. The lowest BCUT2D eigenvalue weighted by Crippen LogP contribution is -2.45. The summed E-state index contributed by atoms with van der Waals surface area (Å²) in [5, 5.41) is 2.68. The van der Waals surface area contributed by atoms with E-state index in [2.05, 4.69) is 10.0 Å². The van der Waals surface area contributed by atoms with E-state index in [1.807, 2.05) is 45.9 Å². The van der Waals surface area contributed by atoms with Crippen LogP contribution >= 0.6 is 0 Å². The number of sulfonamides is 2.